The van der Waals surface area contributed by atoms with E-state index in [1.807, 2.05) is 25.1 Å². The highest BCUT2D eigenvalue weighted by Gasteiger charge is 2.43. The van der Waals surface area contributed by atoms with Gasteiger partial charge in [0.15, 0.2) is 0 Å². The van der Waals surface area contributed by atoms with Crippen LogP contribution in [0.25, 0.3) is 0 Å². The van der Waals surface area contributed by atoms with Gasteiger partial charge >= 0.3 is 6.03 Å². The third-order valence-corrected chi connectivity index (χ3v) is 4.47. The van der Waals surface area contributed by atoms with E-state index in [2.05, 4.69) is 10.6 Å². The van der Waals surface area contributed by atoms with Gasteiger partial charge < -0.3 is 20.4 Å². The molecule has 0 aliphatic carbocycles. The Hall–Kier alpha value is -2.57. The fourth-order valence-electron chi connectivity index (χ4n) is 3.19. The molecular weight excluding hydrogens is 308 g/mol. The van der Waals surface area contributed by atoms with Crippen LogP contribution in [0.1, 0.15) is 19.8 Å². The highest BCUT2D eigenvalue weighted by Crippen LogP contribution is 2.19. The zero-order chi connectivity index (χ0) is 17.1. The fraction of sp³-hybridized carbons (Fsp3) is 0.471. The van der Waals surface area contributed by atoms with Crippen molar-refractivity contribution in [1.82, 2.24) is 15.1 Å². The maximum atomic E-state index is 12.5. The largest absolute Gasteiger partial charge is 0.342 e. The standard InChI is InChI=1S/C17H22N4O3/c1-2-6-13-16(23)21-10-9-20(11-14(21)15(22)19-13)17(24)18-12-7-4-3-5-8-12/h3-5,7-8,13-14H,2,6,9-11H2,1H3,(H,18,24)(H,19,22)/t13-,14+/m0/s1. The normalized spacial score (nSPS) is 23.5. The van der Waals surface area contributed by atoms with Gasteiger partial charge in [0.2, 0.25) is 11.8 Å². The van der Waals surface area contributed by atoms with Crippen molar-refractivity contribution >= 4 is 23.5 Å². The third kappa shape index (κ3) is 3.20. The summed E-state index contributed by atoms with van der Waals surface area (Å²) < 4.78 is 0. The Morgan fingerprint density at radius 2 is 2.00 bits per heavy atom. The Morgan fingerprint density at radius 1 is 1.25 bits per heavy atom. The molecule has 2 aliphatic heterocycles. The minimum atomic E-state index is -0.596. The number of nitrogens with zero attached hydrogens (tertiary/aromatic N) is 2. The molecule has 4 amide bonds. The molecule has 0 spiro atoms. The van der Waals surface area contributed by atoms with E-state index >= 15 is 0 Å². The van der Waals surface area contributed by atoms with Crippen LogP contribution in [-0.2, 0) is 9.59 Å². The Bertz CT molecular complexity index is 634. The predicted octanol–water partition coefficient (Wildman–Crippen LogP) is 1.03. The number of para-hydroxylation sites is 1. The van der Waals surface area contributed by atoms with Gasteiger partial charge in [-0.2, -0.15) is 0 Å². The second-order valence-electron chi connectivity index (χ2n) is 6.14. The molecule has 128 valence electrons. The van der Waals surface area contributed by atoms with Crippen molar-refractivity contribution in [3.05, 3.63) is 30.3 Å². The summed E-state index contributed by atoms with van der Waals surface area (Å²) in [5, 5.41) is 5.60. The minimum Gasteiger partial charge on any atom is -0.342 e. The second-order valence-corrected chi connectivity index (χ2v) is 6.14. The number of carbonyl (C=O) groups is 3. The maximum Gasteiger partial charge on any atom is 0.321 e. The molecule has 2 fully saturated rings. The number of hydrogen-bond donors (Lipinski definition) is 2. The van der Waals surface area contributed by atoms with Crippen LogP contribution >= 0.6 is 0 Å². The van der Waals surface area contributed by atoms with Gasteiger partial charge in [0.1, 0.15) is 12.1 Å². The van der Waals surface area contributed by atoms with E-state index in [0.717, 1.165) is 6.42 Å². The summed E-state index contributed by atoms with van der Waals surface area (Å²) in [6.45, 7) is 3.01. The monoisotopic (exact) mass is 330 g/mol. The van der Waals surface area contributed by atoms with Crippen LogP contribution in [0, 0.1) is 0 Å². The first-order chi connectivity index (χ1) is 11.6. The number of fused-ring (bicyclic) bond motifs is 1. The zero-order valence-electron chi connectivity index (χ0n) is 13.7. The van der Waals surface area contributed by atoms with Gasteiger partial charge in [-0.25, -0.2) is 4.79 Å². The van der Waals surface area contributed by atoms with Crippen molar-refractivity contribution in [3.8, 4) is 0 Å². The Balaban J connectivity index is 1.65. The number of benzene rings is 1. The summed E-state index contributed by atoms with van der Waals surface area (Å²) in [4.78, 5) is 40.4. The van der Waals surface area contributed by atoms with Crippen molar-refractivity contribution in [2.45, 2.75) is 31.8 Å². The average Bonchev–Trinajstić information content (AvgIpc) is 2.60. The van der Waals surface area contributed by atoms with Crippen LogP contribution in [0.15, 0.2) is 30.3 Å². The van der Waals surface area contributed by atoms with Gasteiger partial charge in [-0.05, 0) is 18.6 Å². The number of urea groups is 1. The van der Waals surface area contributed by atoms with Crippen LogP contribution < -0.4 is 10.6 Å². The van der Waals surface area contributed by atoms with E-state index in [9.17, 15) is 14.4 Å². The zero-order valence-corrected chi connectivity index (χ0v) is 13.7. The lowest BCUT2D eigenvalue weighted by atomic mass is 10.0. The molecule has 1 aromatic rings. The van der Waals surface area contributed by atoms with Gasteiger partial charge in [0.05, 0.1) is 6.54 Å². The minimum absolute atomic E-state index is 0.0374. The van der Waals surface area contributed by atoms with E-state index in [4.69, 9.17) is 0 Å². The molecule has 1 aromatic carbocycles. The van der Waals surface area contributed by atoms with E-state index in [-0.39, 0.29) is 24.4 Å². The van der Waals surface area contributed by atoms with Crippen LogP contribution in [0.2, 0.25) is 0 Å². The van der Waals surface area contributed by atoms with Crippen molar-refractivity contribution < 1.29 is 14.4 Å². The molecule has 0 radical (unpaired) electrons. The van der Waals surface area contributed by atoms with E-state index in [1.54, 1.807) is 21.9 Å². The summed E-state index contributed by atoms with van der Waals surface area (Å²) in [5.74, 6) is -0.213. The quantitative estimate of drug-likeness (QED) is 0.868. The molecular formula is C17H22N4O3. The van der Waals surface area contributed by atoms with Crippen LogP contribution in [0.5, 0.6) is 0 Å². The fourth-order valence-corrected chi connectivity index (χ4v) is 3.19. The highest BCUT2D eigenvalue weighted by atomic mass is 16.2. The number of nitrogens with one attached hydrogen (secondary N) is 2. The number of amides is 4. The first kappa shape index (κ1) is 16.3. The van der Waals surface area contributed by atoms with Crippen molar-refractivity contribution in [1.29, 1.82) is 0 Å². The van der Waals surface area contributed by atoms with Gasteiger partial charge in [0.25, 0.3) is 0 Å². The predicted molar refractivity (Wildman–Crippen MR) is 89.4 cm³/mol. The van der Waals surface area contributed by atoms with Crippen molar-refractivity contribution in [2.75, 3.05) is 25.0 Å². The molecule has 0 bridgehead atoms. The highest BCUT2D eigenvalue weighted by molar-refractivity contribution is 5.98. The number of carbonyl (C=O) groups excluding carboxylic acids is 3. The summed E-state index contributed by atoms with van der Waals surface area (Å²) in [6, 6.07) is 7.89. The number of piperazine rings is 2. The van der Waals surface area contributed by atoms with Gasteiger partial charge in [-0.1, -0.05) is 31.5 Å². The lowest BCUT2D eigenvalue weighted by Crippen LogP contribution is -2.69. The summed E-state index contributed by atoms with van der Waals surface area (Å²) in [5.41, 5.74) is 0.706. The van der Waals surface area contributed by atoms with Crippen molar-refractivity contribution in [3.63, 3.8) is 0 Å². The Morgan fingerprint density at radius 3 is 2.71 bits per heavy atom. The molecule has 2 atom stereocenters. The molecule has 2 N–H and O–H groups in total. The Kier molecular flexibility index (Phi) is 4.69. The van der Waals surface area contributed by atoms with E-state index in [1.165, 1.54) is 0 Å². The lowest BCUT2D eigenvalue weighted by Gasteiger charge is -2.45. The first-order valence-corrected chi connectivity index (χ1v) is 8.32. The van der Waals surface area contributed by atoms with Crippen molar-refractivity contribution in [2.24, 2.45) is 0 Å². The molecule has 0 saturated carbocycles. The van der Waals surface area contributed by atoms with Crippen LogP contribution in [0.3, 0.4) is 0 Å². The van der Waals surface area contributed by atoms with Gasteiger partial charge in [-0.15, -0.1) is 0 Å². The SMILES string of the molecule is CCC[C@@H]1NC(=O)[C@H]2CN(C(=O)Nc3ccccc3)CCN2C1=O. The third-order valence-electron chi connectivity index (χ3n) is 4.47. The maximum absolute atomic E-state index is 12.5. The van der Waals surface area contributed by atoms with E-state index < -0.39 is 12.1 Å². The molecule has 2 saturated heterocycles. The van der Waals surface area contributed by atoms with Crippen LogP contribution in [0.4, 0.5) is 10.5 Å². The molecule has 3 rings (SSSR count). The molecule has 2 heterocycles. The van der Waals surface area contributed by atoms with Gasteiger partial charge in [0, 0.05) is 18.8 Å². The summed E-state index contributed by atoms with van der Waals surface area (Å²) in [6.07, 6.45) is 1.48. The van der Waals surface area contributed by atoms with Crippen LogP contribution in [-0.4, -0.2) is 59.4 Å². The molecule has 2 aliphatic rings. The Labute approximate surface area is 141 Å². The molecule has 24 heavy (non-hydrogen) atoms. The molecule has 0 aromatic heterocycles. The number of rotatable bonds is 3. The smallest absolute Gasteiger partial charge is 0.321 e. The van der Waals surface area contributed by atoms with E-state index in [0.29, 0.717) is 25.2 Å². The second kappa shape index (κ2) is 6.90. The first-order valence-electron chi connectivity index (χ1n) is 8.32. The molecule has 7 heteroatoms. The topological polar surface area (TPSA) is 81.8 Å². The molecule has 0 unspecified atom stereocenters. The number of hydrogen-bond acceptors (Lipinski definition) is 3. The number of anilines is 1. The average molecular weight is 330 g/mol. The molecule has 7 nitrogen and oxygen atoms in total. The lowest BCUT2D eigenvalue weighted by molar-refractivity contribution is -0.152. The summed E-state index contributed by atoms with van der Waals surface area (Å²) in [7, 11) is 0. The van der Waals surface area contributed by atoms with Gasteiger partial charge in [-0.3, -0.25) is 9.59 Å². The summed E-state index contributed by atoms with van der Waals surface area (Å²) >= 11 is 0.